The molecule has 10 heteroatoms. The zero-order chi connectivity index (χ0) is 18.8. The first-order valence-corrected chi connectivity index (χ1v) is 7.24. The fourth-order valence-corrected chi connectivity index (χ4v) is 2.32. The summed E-state index contributed by atoms with van der Waals surface area (Å²) in [4.78, 5) is 12.3. The quantitative estimate of drug-likeness (QED) is 0.891. The monoisotopic (exact) mass is 372 g/mol. The topological polar surface area (TPSA) is 79.9 Å². The highest BCUT2D eigenvalue weighted by Crippen LogP contribution is 2.26. The van der Waals surface area contributed by atoms with Gasteiger partial charge in [0.15, 0.2) is 6.61 Å². The molecule has 25 heavy (non-hydrogen) atoms. The van der Waals surface area contributed by atoms with Crippen molar-refractivity contribution in [2.75, 3.05) is 11.9 Å². The molecule has 0 unspecified atom stereocenters. The normalized spacial score (nSPS) is 11.1. The van der Waals surface area contributed by atoms with Gasteiger partial charge in [0.2, 0.25) is 0 Å². The Morgan fingerprint density at radius 1 is 1.48 bits per heavy atom. The second-order valence-corrected chi connectivity index (χ2v) is 5.41. The van der Waals surface area contributed by atoms with Crippen molar-refractivity contribution in [1.29, 1.82) is 5.26 Å². The van der Waals surface area contributed by atoms with E-state index in [9.17, 15) is 18.0 Å². The molecule has 0 aliphatic carbocycles. The molecule has 0 saturated heterocycles. The number of hydrogen-bond donors (Lipinski definition) is 1. The molecule has 6 nitrogen and oxygen atoms in total. The Morgan fingerprint density at radius 2 is 2.16 bits per heavy atom. The van der Waals surface area contributed by atoms with Crippen LogP contribution in [0.3, 0.4) is 0 Å². The van der Waals surface area contributed by atoms with Gasteiger partial charge in [-0.15, -0.1) is 0 Å². The minimum absolute atomic E-state index is 0.139. The number of rotatable bonds is 4. The maximum absolute atomic E-state index is 12.3. The van der Waals surface area contributed by atoms with Crippen molar-refractivity contribution in [3.8, 4) is 11.8 Å². The van der Waals surface area contributed by atoms with Crippen molar-refractivity contribution in [1.82, 2.24) is 9.78 Å². The molecule has 0 aliphatic heterocycles. The Balaban J connectivity index is 2.21. The Bertz CT molecular complexity index is 856. The molecule has 1 aromatic carbocycles. The van der Waals surface area contributed by atoms with Gasteiger partial charge < -0.3 is 10.1 Å². The molecule has 0 fully saturated rings. The van der Waals surface area contributed by atoms with Gasteiger partial charge in [0.05, 0.1) is 16.8 Å². The van der Waals surface area contributed by atoms with Crippen LogP contribution in [0.2, 0.25) is 5.15 Å². The van der Waals surface area contributed by atoms with Crippen LogP contribution in [0.1, 0.15) is 21.6 Å². The van der Waals surface area contributed by atoms with E-state index in [-0.39, 0.29) is 27.7 Å². The Kier molecular flexibility index (Phi) is 5.23. The fraction of sp³-hybridized carbons (Fsp3) is 0.267. The largest absolute Gasteiger partial charge is 0.483 e. The average molecular weight is 373 g/mol. The van der Waals surface area contributed by atoms with Crippen molar-refractivity contribution < 1.29 is 22.7 Å². The Labute approximate surface area is 145 Å². The van der Waals surface area contributed by atoms with E-state index in [1.54, 1.807) is 20.0 Å². The van der Waals surface area contributed by atoms with Crippen LogP contribution in [0.15, 0.2) is 18.2 Å². The first-order valence-electron chi connectivity index (χ1n) is 6.86. The molecular weight excluding hydrogens is 361 g/mol. The zero-order valence-corrected chi connectivity index (χ0v) is 13.9. The number of anilines is 1. The number of ether oxygens (including phenoxy) is 1. The molecule has 132 valence electrons. The maximum Gasteiger partial charge on any atom is 0.422 e. The summed E-state index contributed by atoms with van der Waals surface area (Å²) in [6, 6.07) is 5.44. The lowest BCUT2D eigenvalue weighted by molar-refractivity contribution is -0.153. The number of nitriles is 1. The first kappa shape index (κ1) is 18.6. The summed E-state index contributed by atoms with van der Waals surface area (Å²) >= 11 is 6.00. The summed E-state index contributed by atoms with van der Waals surface area (Å²) in [7, 11) is 1.58. The van der Waals surface area contributed by atoms with Crippen LogP contribution >= 0.6 is 11.6 Å². The van der Waals surface area contributed by atoms with Crippen molar-refractivity contribution in [2.45, 2.75) is 13.1 Å². The molecule has 0 spiro atoms. The van der Waals surface area contributed by atoms with E-state index >= 15 is 0 Å². The number of nitrogens with one attached hydrogen (secondary N) is 1. The maximum atomic E-state index is 12.3. The summed E-state index contributed by atoms with van der Waals surface area (Å²) in [5.41, 5.74) is 0.645. The third kappa shape index (κ3) is 4.42. The lowest BCUT2D eigenvalue weighted by Gasteiger charge is -2.12. The average Bonchev–Trinajstić information content (AvgIpc) is 2.77. The van der Waals surface area contributed by atoms with Crippen LogP contribution in [-0.2, 0) is 7.05 Å². The molecule has 1 N–H and O–H groups in total. The van der Waals surface area contributed by atoms with Gasteiger partial charge in [-0.3, -0.25) is 9.48 Å². The molecule has 0 atom stereocenters. The van der Waals surface area contributed by atoms with Crippen LogP contribution in [0.5, 0.6) is 5.75 Å². The summed E-state index contributed by atoms with van der Waals surface area (Å²) in [6.45, 7) is 0.0907. The molecule has 2 aromatic rings. The standard InChI is InChI=1S/C15H12ClF3N4O2/c1-8-12(13(16)23(2)22-8)14(24)21-10-3-4-11(9(5-10)6-20)25-7-15(17,18)19/h3-5H,7H2,1-2H3,(H,21,24). The molecule has 0 bridgehead atoms. The molecule has 1 heterocycles. The van der Waals surface area contributed by atoms with Gasteiger partial charge in [-0.1, -0.05) is 11.6 Å². The Morgan fingerprint density at radius 3 is 2.68 bits per heavy atom. The minimum atomic E-state index is -4.52. The fourth-order valence-electron chi connectivity index (χ4n) is 2.06. The van der Waals surface area contributed by atoms with Gasteiger partial charge in [-0.25, -0.2) is 0 Å². The van der Waals surface area contributed by atoms with E-state index in [0.29, 0.717) is 5.69 Å². The number of amides is 1. The van der Waals surface area contributed by atoms with Gasteiger partial charge >= 0.3 is 6.18 Å². The van der Waals surface area contributed by atoms with Crippen molar-refractivity contribution in [3.63, 3.8) is 0 Å². The number of alkyl halides is 3. The van der Waals surface area contributed by atoms with E-state index in [1.165, 1.54) is 22.9 Å². The number of carbonyl (C=O) groups excluding carboxylic acids is 1. The van der Waals surface area contributed by atoms with E-state index in [0.717, 1.165) is 0 Å². The predicted molar refractivity (Wildman–Crippen MR) is 83.6 cm³/mol. The smallest absolute Gasteiger partial charge is 0.422 e. The number of aromatic nitrogens is 2. The molecule has 0 saturated carbocycles. The van der Waals surface area contributed by atoms with Crippen LogP contribution in [0.25, 0.3) is 0 Å². The number of nitrogens with zero attached hydrogens (tertiary/aromatic N) is 3. The number of benzene rings is 1. The van der Waals surface area contributed by atoms with Crippen LogP contribution in [0.4, 0.5) is 18.9 Å². The number of aryl methyl sites for hydroxylation is 2. The molecule has 1 amide bonds. The second kappa shape index (κ2) is 7.03. The van der Waals surface area contributed by atoms with E-state index < -0.39 is 18.7 Å². The van der Waals surface area contributed by atoms with Crippen molar-refractivity contribution in [2.24, 2.45) is 7.05 Å². The molecule has 0 aliphatic rings. The summed E-state index contributed by atoms with van der Waals surface area (Å²) < 4.78 is 42.5. The van der Waals surface area contributed by atoms with Crippen LogP contribution in [-0.4, -0.2) is 28.5 Å². The van der Waals surface area contributed by atoms with Crippen molar-refractivity contribution in [3.05, 3.63) is 40.2 Å². The molecule has 0 radical (unpaired) electrons. The van der Waals surface area contributed by atoms with Gasteiger partial charge in [0.25, 0.3) is 5.91 Å². The highest BCUT2D eigenvalue weighted by atomic mass is 35.5. The first-order chi connectivity index (χ1) is 11.6. The summed E-state index contributed by atoms with van der Waals surface area (Å²) in [6.07, 6.45) is -4.52. The van der Waals surface area contributed by atoms with Gasteiger partial charge in [-0.2, -0.15) is 23.5 Å². The number of hydrogen-bond acceptors (Lipinski definition) is 4. The highest BCUT2D eigenvalue weighted by Gasteiger charge is 2.29. The zero-order valence-electron chi connectivity index (χ0n) is 13.1. The Hall–Kier alpha value is -2.73. The minimum Gasteiger partial charge on any atom is -0.483 e. The van der Waals surface area contributed by atoms with E-state index in [1.807, 2.05) is 0 Å². The number of halogens is 4. The van der Waals surface area contributed by atoms with E-state index in [2.05, 4.69) is 15.2 Å². The highest BCUT2D eigenvalue weighted by molar-refractivity contribution is 6.33. The van der Waals surface area contributed by atoms with Gasteiger partial charge in [0, 0.05) is 12.7 Å². The molecular formula is C15H12ClF3N4O2. The lowest BCUT2D eigenvalue weighted by atomic mass is 10.2. The van der Waals surface area contributed by atoms with Gasteiger partial charge in [0.1, 0.15) is 17.0 Å². The SMILES string of the molecule is Cc1nn(C)c(Cl)c1C(=O)Nc1ccc(OCC(F)(F)F)c(C#N)c1. The third-order valence-corrected chi connectivity index (χ3v) is 3.56. The van der Waals surface area contributed by atoms with Gasteiger partial charge in [-0.05, 0) is 25.1 Å². The van der Waals surface area contributed by atoms with Crippen molar-refractivity contribution >= 4 is 23.2 Å². The molecule has 1 aromatic heterocycles. The summed E-state index contributed by atoms with van der Waals surface area (Å²) in [5, 5.41) is 15.7. The lowest BCUT2D eigenvalue weighted by Crippen LogP contribution is -2.19. The van der Waals surface area contributed by atoms with Crippen LogP contribution in [0, 0.1) is 18.3 Å². The summed E-state index contributed by atoms with van der Waals surface area (Å²) in [5.74, 6) is -0.781. The second-order valence-electron chi connectivity index (χ2n) is 5.06. The van der Waals surface area contributed by atoms with E-state index in [4.69, 9.17) is 16.9 Å². The number of carbonyl (C=O) groups is 1. The van der Waals surface area contributed by atoms with Crippen LogP contribution < -0.4 is 10.1 Å². The molecule has 2 rings (SSSR count). The predicted octanol–water partition coefficient (Wildman–Crippen LogP) is 3.45. The third-order valence-electron chi connectivity index (χ3n) is 3.13.